The molecule has 5 heteroatoms. The maximum Gasteiger partial charge on any atom is 0.255 e. The van der Waals surface area contributed by atoms with Crippen molar-refractivity contribution >= 4 is 16.7 Å². The molecule has 0 saturated carbocycles. The molecule has 0 fully saturated rings. The molecule has 3 rings (SSSR count). The molecule has 3 aromatic rings. The lowest BCUT2D eigenvalue weighted by atomic mass is 10.1. The molecule has 0 aliphatic carbocycles. The summed E-state index contributed by atoms with van der Waals surface area (Å²) in [6.45, 7) is 0.418. The average molecular weight is 351 g/mol. The second-order valence-corrected chi connectivity index (χ2v) is 5.75. The number of hydrogen-bond acceptors (Lipinski definition) is 4. The Labute approximate surface area is 152 Å². The Balaban J connectivity index is 1.81. The minimum absolute atomic E-state index is 0.240. The van der Waals surface area contributed by atoms with E-state index < -0.39 is 0 Å². The predicted octanol–water partition coefficient (Wildman–Crippen LogP) is 3.80. The van der Waals surface area contributed by atoms with E-state index in [0.29, 0.717) is 29.4 Å². The van der Waals surface area contributed by atoms with Gasteiger partial charge in [0.25, 0.3) is 5.91 Å². The van der Waals surface area contributed by atoms with E-state index in [1.807, 2.05) is 24.3 Å². The Morgan fingerprint density at radius 1 is 0.846 bits per heavy atom. The highest BCUT2D eigenvalue weighted by atomic mass is 16.5. The molecule has 0 aliphatic heterocycles. The van der Waals surface area contributed by atoms with Crippen molar-refractivity contribution < 1.29 is 19.0 Å². The molecule has 3 aromatic carbocycles. The quantitative estimate of drug-likeness (QED) is 0.734. The minimum Gasteiger partial charge on any atom is -0.493 e. The second kappa shape index (κ2) is 7.78. The van der Waals surface area contributed by atoms with Gasteiger partial charge in [0.2, 0.25) is 5.75 Å². The van der Waals surface area contributed by atoms with E-state index in [-0.39, 0.29) is 5.91 Å². The first-order valence-corrected chi connectivity index (χ1v) is 8.22. The molecule has 0 aromatic heterocycles. The van der Waals surface area contributed by atoms with Gasteiger partial charge in [-0.05, 0) is 34.5 Å². The number of carbonyl (C=O) groups is 1. The van der Waals surface area contributed by atoms with E-state index in [9.17, 15) is 4.79 Å². The summed E-state index contributed by atoms with van der Waals surface area (Å²) in [4.78, 5) is 12.6. The number of carbonyl (C=O) groups excluding carboxylic acids is 1. The molecule has 0 heterocycles. The predicted molar refractivity (Wildman–Crippen MR) is 101 cm³/mol. The Morgan fingerprint density at radius 3 is 2.27 bits per heavy atom. The molecular formula is C21H21NO4. The third kappa shape index (κ3) is 3.42. The Kier molecular flexibility index (Phi) is 5.27. The smallest absolute Gasteiger partial charge is 0.255 e. The maximum atomic E-state index is 12.6. The fourth-order valence-corrected chi connectivity index (χ4v) is 2.91. The molecule has 134 valence electrons. The molecule has 0 saturated heterocycles. The lowest BCUT2D eigenvalue weighted by Gasteiger charge is -2.15. The number of ether oxygens (including phenoxy) is 3. The summed E-state index contributed by atoms with van der Waals surface area (Å²) < 4.78 is 16.0. The van der Waals surface area contributed by atoms with Crippen molar-refractivity contribution in [2.24, 2.45) is 0 Å². The van der Waals surface area contributed by atoms with Crippen molar-refractivity contribution in [3.63, 3.8) is 0 Å². The van der Waals surface area contributed by atoms with E-state index in [2.05, 4.69) is 23.5 Å². The second-order valence-electron chi connectivity index (χ2n) is 5.75. The molecule has 0 atom stereocenters. The average Bonchev–Trinajstić information content (AvgIpc) is 2.70. The van der Waals surface area contributed by atoms with Crippen molar-refractivity contribution in [2.45, 2.75) is 6.54 Å². The lowest BCUT2D eigenvalue weighted by Crippen LogP contribution is -2.23. The molecule has 5 nitrogen and oxygen atoms in total. The van der Waals surface area contributed by atoms with Gasteiger partial charge < -0.3 is 19.5 Å². The summed E-state index contributed by atoms with van der Waals surface area (Å²) >= 11 is 0. The normalized spacial score (nSPS) is 10.4. The first-order valence-electron chi connectivity index (χ1n) is 8.22. The lowest BCUT2D eigenvalue weighted by molar-refractivity contribution is 0.0947. The number of fused-ring (bicyclic) bond motifs is 1. The van der Waals surface area contributed by atoms with Crippen molar-refractivity contribution in [3.8, 4) is 17.2 Å². The molecule has 0 spiro atoms. The van der Waals surface area contributed by atoms with Crippen LogP contribution in [-0.2, 0) is 6.54 Å². The van der Waals surface area contributed by atoms with E-state index in [1.165, 1.54) is 26.7 Å². The molecule has 0 bridgehead atoms. The molecule has 1 amide bonds. The largest absolute Gasteiger partial charge is 0.493 e. The van der Waals surface area contributed by atoms with E-state index in [1.54, 1.807) is 12.1 Å². The number of benzene rings is 3. The van der Waals surface area contributed by atoms with Crippen LogP contribution < -0.4 is 19.5 Å². The summed E-state index contributed by atoms with van der Waals surface area (Å²) in [7, 11) is 4.55. The first-order chi connectivity index (χ1) is 12.7. The number of nitrogens with one attached hydrogen (secondary N) is 1. The van der Waals surface area contributed by atoms with Crippen LogP contribution >= 0.6 is 0 Å². The number of amides is 1. The standard InChI is InChI=1S/C21H21NO4/c1-24-18-11-10-17(19(25-2)20(18)26-3)21(23)22-13-14-8-9-15-6-4-5-7-16(15)12-14/h4-12H,13H2,1-3H3,(H,22,23). The SMILES string of the molecule is COc1ccc(C(=O)NCc2ccc3ccccc3c2)c(OC)c1OC. The summed E-state index contributed by atoms with van der Waals surface area (Å²) in [5.41, 5.74) is 1.42. The fourth-order valence-electron chi connectivity index (χ4n) is 2.91. The van der Waals surface area contributed by atoms with Crippen molar-refractivity contribution in [3.05, 3.63) is 65.7 Å². The van der Waals surface area contributed by atoms with Gasteiger partial charge in [0, 0.05) is 6.54 Å². The van der Waals surface area contributed by atoms with Crippen LogP contribution in [0.3, 0.4) is 0 Å². The van der Waals surface area contributed by atoms with Gasteiger partial charge in [-0.2, -0.15) is 0 Å². The van der Waals surface area contributed by atoms with Crippen molar-refractivity contribution in [1.82, 2.24) is 5.32 Å². The van der Waals surface area contributed by atoms with Gasteiger partial charge in [0.15, 0.2) is 11.5 Å². The van der Waals surface area contributed by atoms with Crippen LogP contribution in [0.15, 0.2) is 54.6 Å². The molecule has 0 radical (unpaired) electrons. The van der Waals surface area contributed by atoms with E-state index in [0.717, 1.165) is 10.9 Å². The summed E-state index contributed by atoms with van der Waals surface area (Å²) in [5.74, 6) is 1.02. The monoisotopic (exact) mass is 351 g/mol. The highest BCUT2D eigenvalue weighted by Crippen LogP contribution is 2.39. The van der Waals surface area contributed by atoms with Crippen LogP contribution in [0.25, 0.3) is 10.8 Å². The van der Waals surface area contributed by atoms with Gasteiger partial charge in [-0.1, -0.05) is 36.4 Å². The van der Waals surface area contributed by atoms with Gasteiger partial charge in [-0.25, -0.2) is 0 Å². The zero-order valence-electron chi connectivity index (χ0n) is 15.0. The minimum atomic E-state index is -0.240. The maximum absolute atomic E-state index is 12.6. The van der Waals surface area contributed by atoms with Gasteiger partial charge in [0.1, 0.15) is 0 Å². The zero-order valence-corrected chi connectivity index (χ0v) is 15.0. The van der Waals surface area contributed by atoms with Crippen LogP contribution in [0.2, 0.25) is 0 Å². The van der Waals surface area contributed by atoms with Gasteiger partial charge >= 0.3 is 0 Å². The molecule has 26 heavy (non-hydrogen) atoms. The van der Waals surface area contributed by atoms with Crippen LogP contribution in [0, 0.1) is 0 Å². The number of hydrogen-bond donors (Lipinski definition) is 1. The van der Waals surface area contributed by atoms with Crippen LogP contribution in [0.5, 0.6) is 17.2 Å². The summed E-state index contributed by atoms with van der Waals surface area (Å²) in [5, 5.41) is 5.24. The number of methoxy groups -OCH3 is 3. The van der Waals surface area contributed by atoms with Crippen molar-refractivity contribution in [1.29, 1.82) is 0 Å². The Bertz CT molecular complexity index is 936. The number of rotatable bonds is 6. The topological polar surface area (TPSA) is 56.8 Å². The molecule has 0 unspecified atom stereocenters. The van der Waals surface area contributed by atoms with Crippen LogP contribution in [0.1, 0.15) is 15.9 Å². The Hall–Kier alpha value is -3.21. The molecule has 0 aliphatic rings. The van der Waals surface area contributed by atoms with Gasteiger partial charge in [-0.3, -0.25) is 4.79 Å². The zero-order chi connectivity index (χ0) is 18.5. The van der Waals surface area contributed by atoms with Crippen molar-refractivity contribution in [2.75, 3.05) is 21.3 Å². The van der Waals surface area contributed by atoms with Gasteiger partial charge in [0.05, 0.1) is 26.9 Å². The fraction of sp³-hybridized carbons (Fsp3) is 0.190. The third-order valence-electron chi connectivity index (χ3n) is 4.22. The third-order valence-corrected chi connectivity index (χ3v) is 4.22. The van der Waals surface area contributed by atoms with Crippen LogP contribution in [0.4, 0.5) is 0 Å². The highest BCUT2D eigenvalue weighted by molar-refractivity contribution is 5.98. The summed E-state index contributed by atoms with van der Waals surface area (Å²) in [6, 6.07) is 17.6. The molecule has 1 N–H and O–H groups in total. The Morgan fingerprint density at radius 2 is 1.58 bits per heavy atom. The first kappa shape index (κ1) is 17.6. The summed E-state index contributed by atoms with van der Waals surface area (Å²) in [6.07, 6.45) is 0. The molecular weight excluding hydrogens is 330 g/mol. The van der Waals surface area contributed by atoms with Crippen LogP contribution in [-0.4, -0.2) is 27.2 Å². The van der Waals surface area contributed by atoms with Gasteiger partial charge in [-0.15, -0.1) is 0 Å². The van der Waals surface area contributed by atoms with E-state index >= 15 is 0 Å². The van der Waals surface area contributed by atoms with E-state index in [4.69, 9.17) is 14.2 Å². The highest BCUT2D eigenvalue weighted by Gasteiger charge is 2.20.